The summed E-state index contributed by atoms with van der Waals surface area (Å²) < 4.78 is 28.0. The average molecular weight is 359 g/mol. The van der Waals surface area contributed by atoms with E-state index in [4.69, 9.17) is 5.73 Å². The van der Waals surface area contributed by atoms with Gasteiger partial charge < -0.3 is 5.73 Å². The number of nitrogen functional groups attached to an aromatic ring is 1. The number of sulfonamides is 1. The number of benzene rings is 1. The Morgan fingerprint density at radius 2 is 2.10 bits per heavy atom. The SMILES string of the molecule is Nc1ccc(Br)c(S(=O)(=O)NCC2CC3CCC2C3)c1. The van der Waals surface area contributed by atoms with Crippen molar-refractivity contribution in [1.82, 2.24) is 4.72 Å². The summed E-state index contributed by atoms with van der Waals surface area (Å²) in [7, 11) is -3.49. The average Bonchev–Trinajstić information content (AvgIpc) is 3.01. The zero-order chi connectivity index (χ0) is 14.3. The van der Waals surface area contributed by atoms with E-state index in [1.807, 2.05) is 0 Å². The molecule has 0 aromatic heterocycles. The van der Waals surface area contributed by atoms with Crippen molar-refractivity contribution in [2.45, 2.75) is 30.6 Å². The van der Waals surface area contributed by atoms with Gasteiger partial charge in [-0.2, -0.15) is 0 Å². The number of nitrogens with two attached hydrogens (primary N) is 1. The molecule has 0 heterocycles. The fraction of sp³-hybridized carbons (Fsp3) is 0.571. The molecule has 6 heteroatoms. The van der Waals surface area contributed by atoms with E-state index in [0.29, 0.717) is 28.5 Å². The molecule has 2 bridgehead atoms. The first kappa shape index (κ1) is 14.4. The summed E-state index contributed by atoms with van der Waals surface area (Å²) in [4.78, 5) is 0.223. The lowest BCUT2D eigenvalue weighted by molar-refractivity contribution is 0.333. The van der Waals surface area contributed by atoms with E-state index < -0.39 is 10.0 Å². The van der Waals surface area contributed by atoms with E-state index in [1.54, 1.807) is 12.1 Å². The van der Waals surface area contributed by atoms with Crippen LogP contribution in [0.4, 0.5) is 5.69 Å². The van der Waals surface area contributed by atoms with Crippen LogP contribution in [0.5, 0.6) is 0 Å². The summed E-state index contributed by atoms with van der Waals surface area (Å²) in [5.41, 5.74) is 6.13. The summed E-state index contributed by atoms with van der Waals surface area (Å²) in [6.07, 6.45) is 5.05. The van der Waals surface area contributed by atoms with Gasteiger partial charge in [0, 0.05) is 16.7 Å². The number of anilines is 1. The van der Waals surface area contributed by atoms with Gasteiger partial charge in [0.25, 0.3) is 0 Å². The summed E-state index contributed by atoms with van der Waals surface area (Å²) in [5, 5.41) is 0. The second-order valence-electron chi connectivity index (χ2n) is 5.98. The van der Waals surface area contributed by atoms with E-state index >= 15 is 0 Å². The smallest absolute Gasteiger partial charge is 0.241 e. The number of hydrogen-bond acceptors (Lipinski definition) is 3. The molecule has 110 valence electrons. The molecule has 1 aromatic carbocycles. The van der Waals surface area contributed by atoms with Crippen molar-refractivity contribution in [3.63, 3.8) is 0 Å². The maximum absolute atomic E-state index is 12.4. The molecule has 0 saturated heterocycles. The Bertz CT molecular complexity index is 618. The van der Waals surface area contributed by atoms with Crippen LogP contribution in [0.1, 0.15) is 25.7 Å². The maximum atomic E-state index is 12.4. The predicted molar refractivity (Wildman–Crippen MR) is 82.7 cm³/mol. The molecule has 0 radical (unpaired) electrons. The Hall–Kier alpha value is -0.590. The number of rotatable bonds is 4. The molecule has 2 aliphatic rings. The molecule has 0 amide bonds. The van der Waals surface area contributed by atoms with Crippen LogP contribution in [0.15, 0.2) is 27.6 Å². The van der Waals surface area contributed by atoms with Gasteiger partial charge in [-0.3, -0.25) is 0 Å². The molecule has 2 saturated carbocycles. The fourth-order valence-electron chi connectivity index (χ4n) is 3.65. The van der Waals surface area contributed by atoms with Gasteiger partial charge in [0.2, 0.25) is 10.0 Å². The van der Waals surface area contributed by atoms with E-state index in [-0.39, 0.29) is 4.90 Å². The minimum Gasteiger partial charge on any atom is -0.399 e. The Balaban J connectivity index is 1.71. The van der Waals surface area contributed by atoms with Crippen molar-refractivity contribution in [3.8, 4) is 0 Å². The molecule has 3 atom stereocenters. The van der Waals surface area contributed by atoms with Crippen molar-refractivity contribution in [1.29, 1.82) is 0 Å². The van der Waals surface area contributed by atoms with Crippen molar-refractivity contribution < 1.29 is 8.42 Å². The lowest BCUT2D eigenvalue weighted by atomic mass is 9.89. The highest BCUT2D eigenvalue weighted by Crippen LogP contribution is 2.48. The van der Waals surface area contributed by atoms with Gasteiger partial charge in [0.15, 0.2) is 0 Å². The minimum absolute atomic E-state index is 0.223. The van der Waals surface area contributed by atoms with Crippen LogP contribution in [0.2, 0.25) is 0 Å². The molecule has 1 aromatic rings. The Kier molecular flexibility index (Phi) is 3.81. The molecule has 20 heavy (non-hydrogen) atoms. The third kappa shape index (κ3) is 2.73. The second kappa shape index (κ2) is 5.31. The van der Waals surface area contributed by atoms with Gasteiger partial charge in [0.05, 0.1) is 4.90 Å². The van der Waals surface area contributed by atoms with Crippen LogP contribution in [0, 0.1) is 17.8 Å². The second-order valence-corrected chi connectivity index (χ2v) is 8.57. The first-order valence-corrected chi connectivity index (χ1v) is 9.28. The van der Waals surface area contributed by atoms with Crippen molar-refractivity contribution in [3.05, 3.63) is 22.7 Å². The van der Waals surface area contributed by atoms with Gasteiger partial charge in [0.1, 0.15) is 0 Å². The van der Waals surface area contributed by atoms with Crippen molar-refractivity contribution in [2.75, 3.05) is 12.3 Å². The molecule has 3 unspecified atom stereocenters. The number of halogens is 1. The predicted octanol–water partition coefficient (Wildman–Crippen LogP) is 2.75. The molecular weight excluding hydrogens is 340 g/mol. The highest BCUT2D eigenvalue weighted by Gasteiger charge is 2.39. The third-order valence-corrected chi connectivity index (χ3v) is 7.08. The molecule has 2 fully saturated rings. The standard InChI is InChI=1S/C14H19BrN2O2S/c15-13-4-3-12(16)7-14(13)20(18,19)17-8-11-6-9-1-2-10(11)5-9/h3-4,7,9-11,17H,1-2,5-6,8,16H2. The van der Waals surface area contributed by atoms with Gasteiger partial charge in [-0.25, -0.2) is 13.1 Å². The summed E-state index contributed by atoms with van der Waals surface area (Å²) in [6.45, 7) is 0.546. The van der Waals surface area contributed by atoms with Gasteiger partial charge in [-0.1, -0.05) is 6.42 Å². The molecular formula is C14H19BrN2O2S. The Morgan fingerprint density at radius 3 is 2.75 bits per heavy atom. The Labute approximate surface area is 128 Å². The minimum atomic E-state index is -3.49. The van der Waals surface area contributed by atoms with Crippen LogP contribution in [0.3, 0.4) is 0 Å². The van der Waals surface area contributed by atoms with E-state index in [1.165, 1.54) is 31.7 Å². The lowest BCUT2D eigenvalue weighted by Gasteiger charge is -2.22. The lowest BCUT2D eigenvalue weighted by Crippen LogP contribution is -2.31. The highest BCUT2D eigenvalue weighted by molar-refractivity contribution is 9.10. The van der Waals surface area contributed by atoms with E-state index in [0.717, 1.165) is 5.92 Å². The van der Waals surface area contributed by atoms with Gasteiger partial charge >= 0.3 is 0 Å². The normalized spacial score (nSPS) is 28.9. The zero-order valence-corrected chi connectivity index (χ0v) is 13.6. The van der Waals surface area contributed by atoms with Gasteiger partial charge in [-0.05, 0) is 71.1 Å². The number of fused-ring (bicyclic) bond motifs is 2. The van der Waals surface area contributed by atoms with Crippen LogP contribution in [-0.2, 0) is 10.0 Å². The molecule has 0 aliphatic heterocycles. The summed E-state index contributed by atoms with van der Waals surface area (Å²) in [5.74, 6) is 2.05. The number of hydrogen-bond donors (Lipinski definition) is 2. The fourth-order valence-corrected chi connectivity index (χ4v) is 5.74. The largest absolute Gasteiger partial charge is 0.399 e. The van der Waals surface area contributed by atoms with E-state index in [9.17, 15) is 8.42 Å². The van der Waals surface area contributed by atoms with Crippen LogP contribution in [0.25, 0.3) is 0 Å². The summed E-state index contributed by atoms with van der Waals surface area (Å²) >= 11 is 3.28. The zero-order valence-electron chi connectivity index (χ0n) is 11.2. The summed E-state index contributed by atoms with van der Waals surface area (Å²) in [6, 6.07) is 4.84. The topological polar surface area (TPSA) is 72.2 Å². The van der Waals surface area contributed by atoms with Crippen molar-refractivity contribution in [2.24, 2.45) is 17.8 Å². The van der Waals surface area contributed by atoms with Crippen LogP contribution >= 0.6 is 15.9 Å². The first-order chi connectivity index (χ1) is 9.45. The van der Waals surface area contributed by atoms with Crippen molar-refractivity contribution >= 4 is 31.6 Å². The Morgan fingerprint density at radius 1 is 1.30 bits per heavy atom. The molecule has 3 N–H and O–H groups in total. The molecule has 3 rings (SSSR count). The van der Waals surface area contributed by atoms with Crippen LogP contribution in [-0.4, -0.2) is 15.0 Å². The van der Waals surface area contributed by atoms with E-state index in [2.05, 4.69) is 20.7 Å². The first-order valence-electron chi connectivity index (χ1n) is 7.00. The monoisotopic (exact) mass is 358 g/mol. The number of nitrogens with one attached hydrogen (secondary N) is 1. The molecule has 2 aliphatic carbocycles. The van der Waals surface area contributed by atoms with Gasteiger partial charge in [-0.15, -0.1) is 0 Å². The maximum Gasteiger partial charge on any atom is 0.241 e. The quantitative estimate of drug-likeness (QED) is 0.812. The highest BCUT2D eigenvalue weighted by atomic mass is 79.9. The molecule has 0 spiro atoms. The molecule has 4 nitrogen and oxygen atoms in total. The third-order valence-electron chi connectivity index (χ3n) is 4.66. The van der Waals surface area contributed by atoms with Crippen LogP contribution < -0.4 is 10.5 Å².